The molecule has 3 N–H and O–H groups in total. The van der Waals surface area contributed by atoms with Crippen LogP contribution in [0.4, 0.5) is 0 Å². The first kappa shape index (κ1) is 14.4. The lowest BCUT2D eigenvalue weighted by Gasteiger charge is -2.50. The van der Waals surface area contributed by atoms with E-state index in [2.05, 4.69) is 45.1 Å². The third-order valence-electron chi connectivity index (χ3n) is 4.44. The highest BCUT2D eigenvalue weighted by Crippen LogP contribution is 2.39. The van der Waals surface area contributed by atoms with Crippen molar-refractivity contribution in [2.45, 2.75) is 32.4 Å². The Morgan fingerprint density at radius 1 is 1.43 bits per heavy atom. The molecule has 1 aliphatic rings. The average molecular weight is 349 g/mol. The zero-order valence-corrected chi connectivity index (χ0v) is 13.5. The van der Waals surface area contributed by atoms with Gasteiger partial charge in [-0.3, -0.25) is 9.78 Å². The summed E-state index contributed by atoms with van der Waals surface area (Å²) in [6.07, 6.45) is 4.20. The van der Waals surface area contributed by atoms with Crippen LogP contribution in [0.15, 0.2) is 29.0 Å². The maximum absolute atomic E-state index is 12.4. The molecule has 1 aliphatic carbocycles. The van der Waals surface area contributed by atoms with Crippen LogP contribution in [0, 0.1) is 5.41 Å². The first-order chi connectivity index (χ1) is 9.89. The van der Waals surface area contributed by atoms with Gasteiger partial charge in [0.05, 0.1) is 9.99 Å². The largest absolute Gasteiger partial charge is 0.347 e. The summed E-state index contributed by atoms with van der Waals surface area (Å²) in [6, 6.07) is 3.80. The number of carbonyl (C=O) groups excluding carboxylic acids is 1. The molecule has 0 aliphatic heterocycles. The van der Waals surface area contributed by atoms with Crippen LogP contribution in [0.3, 0.4) is 0 Å². The Bertz CT molecular complexity index is 716. The summed E-state index contributed by atoms with van der Waals surface area (Å²) in [6.45, 7) is 4.14. The number of amides is 1. The molecule has 5 nitrogen and oxygen atoms in total. The van der Waals surface area contributed by atoms with Gasteiger partial charge in [0.25, 0.3) is 5.91 Å². The molecule has 0 radical (unpaired) electrons. The van der Waals surface area contributed by atoms with E-state index in [9.17, 15) is 4.79 Å². The number of fused-ring (bicyclic) bond motifs is 1. The molecule has 0 saturated heterocycles. The highest BCUT2D eigenvalue weighted by Gasteiger charge is 2.46. The van der Waals surface area contributed by atoms with Gasteiger partial charge in [0, 0.05) is 35.3 Å². The lowest BCUT2D eigenvalue weighted by atomic mass is 9.63. The van der Waals surface area contributed by atoms with Crippen molar-refractivity contribution in [1.29, 1.82) is 0 Å². The predicted molar refractivity (Wildman–Crippen MR) is 84.9 cm³/mol. The van der Waals surface area contributed by atoms with Crippen molar-refractivity contribution in [2.75, 3.05) is 0 Å². The van der Waals surface area contributed by atoms with Crippen molar-refractivity contribution in [1.82, 2.24) is 15.3 Å². The van der Waals surface area contributed by atoms with Crippen molar-refractivity contribution < 1.29 is 4.79 Å². The Morgan fingerprint density at radius 3 is 2.86 bits per heavy atom. The van der Waals surface area contributed by atoms with E-state index >= 15 is 0 Å². The molecular formula is C15H17BrN4O. The van der Waals surface area contributed by atoms with Crippen molar-refractivity contribution in [3.63, 3.8) is 0 Å². The van der Waals surface area contributed by atoms with E-state index in [0.29, 0.717) is 5.69 Å². The Kier molecular flexibility index (Phi) is 3.45. The summed E-state index contributed by atoms with van der Waals surface area (Å²) in [5, 5.41) is 3.92. The Balaban J connectivity index is 1.84. The van der Waals surface area contributed by atoms with Crippen LogP contribution in [0.25, 0.3) is 10.9 Å². The lowest BCUT2D eigenvalue weighted by molar-refractivity contribution is 0.0583. The summed E-state index contributed by atoms with van der Waals surface area (Å²) in [7, 11) is 0. The molecule has 0 spiro atoms. The van der Waals surface area contributed by atoms with E-state index in [-0.39, 0.29) is 23.4 Å². The Morgan fingerprint density at radius 2 is 2.19 bits per heavy atom. The summed E-state index contributed by atoms with van der Waals surface area (Å²) in [5.74, 6) is -0.161. The van der Waals surface area contributed by atoms with Gasteiger partial charge in [-0.1, -0.05) is 13.8 Å². The molecule has 1 fully saturated rings. The van der Waals surface area contributed by atoms with Crippen LogP contribution in [0.1, 0.15) is 30.8 Å². The second kappa shape index (κ2) is 5.03. The molecule has 110 valence electrons. The molecule has 0 bridgehead atoms. The Hall–Kier alpha value is -1.53. The predicted octanol–water partition coefficient (Wildman–Crippen LogP) is 2.25. The van der Waals surface area contributed by atoms with Crippen molar-refractivity contribution in [3.05, 3.63) is 34.7 Å². The van der Waals surface area contributed by atoms with Gasteiger partial charge >= 0.3 is 0 Å². The molecule has 1 amide bonds. The minimum atomic E-state index is -0.161. The average Bonchev–Trinajstić information content (AvgIpc) is 2.47. The molecule has 1 saturated carbocycles. The van der Waals surface area contributed by atoms with E-state index < -0.39 is 0 Å². The van der Waals surface area contributed by atoms with Gasteiger partial charge in [0.2, 0.25) is 0 Å². The fourth-order valence-electron chi connectivity index (χ4n) is 2.57. The van der Waals surface area contributed by atoms with E-state index in [1.807, 2.05) is 6.07 Å². The van der Waals surface area contributed by atoms with E-state index in [0.717, 1.165) is 21.8 Å². The number of hydrogen-bond donors (Lipinski definition) is 2. The number of carbonyl (C=O) groups is 1. The third-order valence-corrected chi connectivity index (χ3v) is 5.02. The number of aromatic nitrogens is 2. The van der Waals surface area contributed by atoms with Crippen LogP contribution in [-0.4, -0.2) is 28.0 Å². The van der Waals surface area contributed by atoms with Gasteiger partial charge in [-0.25, -0.2) is 4.98 Å². The van der Waals surface area contributed by atoms with Crippen molar-refractivity contribution in [2.24, 2.45) is 11.1 Å². The molecule has 2 atom stereocenters. The number of nitrogens with zero attached hydrogens (tertiary/aromatic N) is 2. The van der Waals surface area contributed by atoms with Crippen molar-refractivity contribution >= 4 is 32.7 Å². The van der Waals surface area contributed by atoms with E-state index in [1.165, 1.54) is 0 Å². The molecule has 2 aromatic heterocycles. The van der Waals surface area contributed by atoms with Crippen LogP contribution in [-0.2, 0) is 0 Å². The molecule has 3 rings (SSSR count). The standard InChI is InChI=1S/C15H17BrN4O/c1-15(2)11(17)5-12(15)20-14(21)10-4-3-8-6-18-7-9(16)13(8)19-10/h3-4,6-7,11-12H,5,17H2,1-2H3,(H,20,21). The number of rotatable bonds is 2. The molecule has 2 unspecified atom stereocenters. The van der Waals surface area contributed by atoms with Crippen LogP contribution < -0.4 is 11.1 Å². The highest BCUT2D eigenvalue weighted by atomic mass is 79.9. The number of pyridine rings is 2. The molecule has 6 heteroatoms. The van der Waals surface area contributed by atoms with Gasteiger partial charge in [-0.2, -0.15) is 0 Å². The summed E-state index contributed by atoms with van der Waals surface area (Å²) in [4.78, 5) is 20.9. The zero-order chi connectivity index (χ0) is 15.2. The normalized spacial score (nSPS) is 23.6. The van der Waals surface area contributed by atoms with Gasteiger partial charge in [0.1, 0.15) is 5.69 Å². The summed E-state index contributed by atoms with van der Waals surface area (Å²) in [5.41, 5.74) is 7.05. The molecular weight excluding hydrogens is 332 g/mol. The van der Waals surface area contributed by atoms with Gasteiger partial charge in [-0.05, 0) is 34.5 Å². The maximum Gasteiger partial charge on any atom is 0.270 e. The van der Waals surface area contributed by atoms with Gasteiger partial charge in [-0.15, -0.1) is 0 Å². The SMILES string of the molecule is CC1(C)C(N)CC1NC(=O)c1ccc2cncc(Br)c2n1. The number of hydrogen-bond acceptors (Lipinski definition) is 4. The molecule has 2 aromatic rings. The zero-order valence-electron chi connectivity index (χ0n) is 11.9. The molecule has 2 heterocycles. The second-order valence-electron chi connectivity index (χ2n) is 6.08. The topological polar surface area (TPSA) is 80.9 Å². The second-order valence-corrected chi connectivity index (χ2v) is 6.93. The van der Waals surface area contributed by atoms with Gasteiger partial charge in [0.15, 0.2) is 0 Å². The first-order valence-electron chi connectivity index (χ1n) is 6.86. The first-order valence-corrected chi connectivity index (χ1v) is 7.65. The number of nitrogens with two attached hydrogens (primary N) is 1. The molecule has 0 aromatic carbocycles. The monoisotopic (exact) mass is 348 g/mol. The summed E-state index contributed by atoms with van der Waals surface area (Å²) >= 11 is 3.41. The third kappa shape index (κ3) is 2.42. The Labute approximate surface area is 131 Å². The van der Waals surface area contributed by atoms with Crippen LogP contribution >= 0.6 is 15.9 Å². The number of nitrogens with one attached hydrogen (secondary N) is 1. The quantitative estimate of drug-likeness (QED) is 0.871. The maximum atomic E-state index is 12.4. The fraction of sp³-hybridized carbons (Fsp3) is 0.400. The van der Waals surface area contributed by atoms with Crippen LogP contribution in [0.2, 0.25) is 0 Å². The minimum Gasteiger partial charge on any atom is -0.347 e. The molecule has 21 heavy (non-hydrogen) atoms. The number of halogens is 1. The minimum absolute atomic E-state index is 0.0724. The van der Waals surface area contributed by atoms with Crippen LogP contribution in [0.5, 0.6) is 0 Å². The smallest absolute Gasteiger partial charge is 0.270 e. The highest BCUT2D eigenvalue weighted by molar-refractivity contribution is 9.10. The van der Waals surface area contributed by atoms with Gasteiger partial charge < -0.3 is 11.1 Å². The van der Waals surface area contributed by atoms with E-state index in [1.54, 1.807) is 18.5 Å². The summed E-state index contributed by atoms with van der Waals surface area (Å²) < 4.78 is 0.778. The fourth-order valence-corrected chi connectivity index (χ4v) is 3.01. The van der Waals surface area contributed by atoms with Crippen molar-refractivity contribution in [3.8, 4) is 0 Å². The lowest BCUT2D eigenvalue weighted by Crippen LogP contribution is -2.64. The van der Waals surface area contributed by atoms with E-state index in [4.69, 9.17) is 5.73 Å².